The van der Waals surface area contributed by atoms with Crippen LogP contribution in [0.15, 0.2) is 82.6 Å². The standard InChI is InChI=1S/C29H26F3N5O5/c1-29(31,32)42-23-5-2-4-22(16-23)41-27-34-25-24(36(27)17-19-6-8-21(30)9-7-19)26(39)35(14-3-15-38)28(40)37(25)18-20-10-12-33-13-11-20/h2,4-13,16,38H,3,14-15,17-18H2,1H3. The lowest BCUT2D eigenvalue weighted by Gasteiger charge is -2.14. The maximum Gasteiger partial charge on any atom is 0.394 e. The van der Waals surface area contributed by atoms with Gasteiger partial charge in [0.2, 0.25) is 0 Å². The van der Waals surface area contributed by atoms with E-state index in [4.69, 9.17) is 4.74 Å². The summed E-state index contributed by atoms with van der Waals surface area (Å²) in [5, 5.41) is 9.40. The number of benzene rings is 2. The second-order valence-corrected chi connectivity index (χ2v) is 9.52. The summed E-state index contributed by atoms with van der Waals surface area (Å²) in [6, 6.07) is 14.4. The maximum absolute atomic E-state index is 13.8. The average molecular weight is 582 g/mol. The van der Waals surface area contributed by atoms with Crippen molar-refractivity contribution in [1.82, 2.24) is 23.7 Å². The lowest BCUT2D eigenvalue weighted by Crippen LogP contribution is -2.41. The summed E-state index contributed by atoms with van der Waals surface area (Å²) >= 11 is 0. The Morgan fingerprint density at radius 3 is 2.26 bits per heavy atom. The first-order valence-electron chi connectivity index (χ1n) is 13.0. The van der Waals surface area contributed by atoms with E-state index in [0.29, 0.717) is 18.1 Å². The predicted molar refractivity (Wildman–Crippen MR) is 147 cm³/mol. The molecule has 0 fully saturated rings. The van der Waals surface area contributed by atoms with E-state index in [1.165, 1.54) is 57.7 Å². The van der Waals surface area contributed by atoms with E-state index in [9.17, 15) is 27.9 Å². The fourth-order valence-electron chi connectivity index (χ4n) is 4.42. The molecule has 3 aromatic heterocycles. The van der Waals surface area contributed by atoms with Gasteiger partial charge in [0.25, 0.3) is 5.56 Å². The summed E-state index contributed by atoms with van der Waals surface area (Å²) in [6.45, 7) is 0.347. The van der Waals surface area contributed by atoms with Crippen molar-refractivity contribution in [3.63, 3.8) is 0 Å². The van der Waals surface area contributed by atoms with Crippen LogP contribution >= 0.6 is 0 Å². The van der Waals surface area contributed by atoms with Crippen molar-refractivity contribution in [2.75, 3.05) is 6.61 Å². The lowest BCUT2D eigenvalue weighted by atomic mass is 10.2. The highest BCUT2D eigenvalue weighted by Crippen LogP contribution is 2.30. The van der Waals surface area contributed by atoms with Crippen molar-refractivity contribution < 1.29 is 27.8 Å². The molecule has 5 aromatic rings. The third-order valence-corrected chi connectivity index (χ3v) is 6.27. The van der Waals surface area contributed by atoms with E-state index in [1.807, 2.05) is 0 Å². The van der Waals surface area contributed by atoms with Gasteiger partial charge in [0.1, 0.15) is 17.3 Å². The van der Waals surface area contributed by atoms with Gasteiger partial charge in [-0.25, -0.2) is 9.18 Å². The van der Waals surface area contributed by atoms with Crippen molar-refractivity contribution in [3.8, 4) is 17.5 Å². The molecule has 5 rings (SSSR count). The van der Waals surface area contributed by atoms with Gasteiger partial charge in [0.15, 0.2) is 11.2 Å². The normalized spacial score (nSPS) is 11.6. The van der Waals surface area contributed by atoms with Gasteiger partial charge in [-0.2, -0.15) is 13.8 Å². The first-order valence-corrected chi connectivity index (χ1v) is 13.0. The third-order valence-electron chi connectivity index (χ3n) is 6.27. The molecule has 0 bridgehead atoms. The molecular weight excluding hydrogens is 555 g/mol. The molecule has 0 atom stereocenters. The van der Waals surface area contributed by atoms with Crippen molar-refractivity contribution in [2.24, 2.45) is 0 Å². The van der Waals surface area contributed by atoms with Crippen LogP contribution in [0.2, 0.25) is 0 Å². The van der Waals surface area contributed by atoms with E-state index in [2.05, 4.69) is 14.7 Å². The molecule has 13 heteroatoms. The Balaban J connectivity index is 1.71. The number of alkyl halides is 2. The molecule has 0 aliphatic carbocycles. The topological polar surface area (TPSA) is 113 Å². The Bertz CT molecular complexity index is 1810. The number of nitrogens with zero attached hydrogens (tertiary/aromatic N) is 5. The number of ether oxygens (including phenoxy) is 2. The van der Waals surface area contributed by atoms with Crippen LogP contribution in [-0.2, 0) is 19.6 Å². The van der Waals surface area contributed by atoms with Gasteiger partial charge in [-0.1, -0.05) is 18.2 Å². The molecule has 0 aliphatic rings. The van der Waals surface area contributed by atoms with Crippen LogP contribution < -0.4 is 20.7 Å². The molecule has 0 saturated heterocycles. The third kappa shape index (κ3) is 6.36. The van der Waals surface area contributed by atoms with E-state index >= 15 is 0 Å². The molecule has 2 aromatic carbocycles. The van der Waals surface area contributed by atoms with Crippen LogP contribution in [0.5, 0.6) is 17.5 Å². The van der Waals surface area contributed by atoms with E-state index < -0.39 is 23.2 Å². The van der Waals surface area contributed by atoms with Crippen LogP contribution in [0.3, 0.4) is 0 Å². The first kappa shape index (κ1) is 28.6. The maximum atomic E-state index is 13.8. The average Bonchev–Trinajstić information content (AvgIpc) is 3.29. The zero-order valence-electron chi connectivity index (χ0n) is 22.4. The highest BCUT2D eigenvalue weighted by Gasteiger charge is 2.25. The number of rotatable bonds is 11. The Morgan fingerprint density at radius 1 is 0.905 bits per heavy atom. The number of pyridine rings is 1. The number of aliphatic hydroxyl groups is 1. The summed E-state index contributed by atoms with van der Waals surface area (Å²) in [7, 11) is 0. The molecule has 1 N–H and O–H groups in total. The number of fused-ring (bicyclic) bond motifs is 1. The minimum Gasteiger partial charge on any atom is -0.433 e. The van der Waals surface area contributed by atoms with Crippen molar-refractivity contribution in [3.05, 3.63) is 111 Å². The first-order chi connectivity index (χ1) is 20.1. The van der Waals surface area contributed by atoms with Crippen molar-refractivity contribution in [1.29, 1.82) is 0 Å². The highest BCUT2D eigenvalue weighted by molar-refractivity contribution is 5.72. The predicted octanol–water partition coefficient (Wildman–Crippen LogP) is 4.16. The zero-order chi connectivity index (χ0) is 29.9. The molecule has 10 nitrogen and oxygen atoms in total. The van der Waals surface area contributed by atoms with Crippen LogP contribution in [0.1, 0.15) is 24.5 Å². The summed E-state index contributed by atoms with van der Waals surface area (Å²) < 4.78 is 55.0. The fraction of sp³-hybridized carbons (Fsp3) is 0.241. The van der Waals surface area contributed by atoms with Gasteiger partial charge in [-0.05, 0) is 53.9 Å². The van der Waals surface area contributed by atoms with Gasteiger partial charge < -0.3 is 14.6 Å². The molecule has 3 heterocycles. The number of aliphatic hydroxyl groups excluding tert-OH is 1. The molecule has 0 amide bonds. The molecule has 0 unspecified atom stereocenters. The largest absolute Gasteiger partial charge is 0.433 e. The van der Waals surface area contributed by atoms with Crippen LogP contribution in [-0.4, -0.2) is 41.5 Å². The smallest absolute Gasteiger partial charge is 0.394 e. The molecular formula is C29H26F3N5O5. The van der Waals surface area contributed by atoms with Gasteiger partial charge in [0, 0.05) is 38.5 Å². The molecule has 0 spiro atoms. The Labute approximate surface area is 236 Å². The quantitative estimate of drug-likeness (QED) is 0.249. The number of halogens is 3. The minimum atomic E-state index is -3.43. The molecule has 218 valence electrons. The van der Waals surface area contributed by atoms with Crippen molar-refractivity contribution >= 4 is 11.2 Å². The number of imidazole rings is 1. The van der Waals surface area contributed by atoms with Gasteiger partial charge in [0.05, 0.1) is 13.1 Å². The van der Waals surface area contributed by atoms with E-state index in [-0.39, 0.29) is 61.3 Å². The molecule has 0 saturated carbocycles. The molecule has 0 radical (unpaired) electrons. The summed E-state index contributed by atoms with van der Waals surface area (Å²) in [5.74, 6) is -0.536. The SMILES string of the molecule is CC(F)(F)Oc1cccc(Oc2nc3c(c(=O)n(CCCO)c(=O)n3Cc3ccncc3)n2Cc2ccc(F)cc2)c1. The Morgan fingerprint density at radius 2 is 1.57 bits per heavy atom. The molecule has 0 aliphatic heterocycles. The zero-order valence-corrected chi connectivity index (χ0v) is 22.4. The number of aromatic nitrogens is 5. The summed E-state index contributed by atoms with van der Waals surface area (Å²) in [6.07, 6.45) is -0.150. The van der Waals surface area contributed by atoms with Crippen LogP contribution in [0, 0.1) is 5.82 Å². The Hall–Kier alpha value is -4.91. The minimum absolute atomic E-state index is 0.00195. The van der Waals surface area contributed by atoms with Crippen LogP contribution in [0.25, 0.3) is 11.2 Å². The van der Waals surface area contributed by atoms with Crippen LogP contribution in [0.4, 0.5) is 13.2 Å². The second kappa shape index (κ2) is 11.9. The number of hydrogen-bond donors (Lipinski definition) is 1. The second-order valence-electron chi connectivity index (χ2n) is 9.52. The van der Waals surface area contributed by atoms with Gasteiger partial charge >= 0.3 is 17.8 Å². The highest BCUT2D eigenvalue weighted by atomic mass is 19.3. The lowest BCUT2D eigenvalue weighted by molar-refractivity contribution is -0.159. The molecule has 42 heavy (non-hydrogen) atoms. The number of hydrogen-bond acceptors (Lipinski definition) is 7. The van der Waals surface area contributed by atoms with E-state index in [1.54, 1.807) is 24.5 Å². The van der Waals surface area contributed by atoms with Gasteiger partial charge in [-0.15, -0.1) is 0 Å². The van der Waals surface area contributed by atoms with Gasteiger partial charge in [-0.3, -0.25) is 23.5 Å². The monoisotopic (exact) mass is 581 g/mol. The summed E-state index contributed by atoms with van der Waals surface area (Å²) in [4.78, 5) is 35.9. The fourth-order valence-corrected chi connectivity index (χ4v) is 4.42. The van der Waals surface area contributed by atoms with E-state index in [0.717, 1.165) is 4.57 Å². The van der Waals surface area contributed by atoms with Crippen molar-refractivity contribution in [2.45, 2.75) is 39.1 Å². The summed E-state index contributed by atoms with van der Waals surface area (Å²) in [5.41, 5.74) is 0.0381. The Kier molecular flexibility index (Phi) is 8.11.